The van der Waals surface area contributed by atoms with E-state index in [4.69, 9.17) is 16.3 Å². The highest BCUT2D eigenvalue weighted by Crippen LogP contribution is 2.13. The Morgan fingerprint density at radius 3 is 3.00 bits per heavy atom. The van der Waals surface area contributed by atoms with Crippen molar-refractivity contribution in [3.8, 4) is 0 Å². The Morgan fingerprint density at radius 1 is 1.78 bits per heavy atom. The predicted molar refractivity (Wildman–Crippen MR) is 31.3 cm³/mol. The van der Waals surface area contributed by atoms with Crippen LogP contribution in [0.2, 0.25) is 0 Å². The van der Waals surface area contributed by atoms with Crippen LogP contribution in [-0.4, -0.2) is 18.3 Å². The van der Waals surface area contributed by atoms with Crippen molar-refractivity contribution in [2.24, 2.45) is 0 Å². The van der Waals surface area contributed by atoms with Gasteiger partial charge in [0.25, 0.3) is 0 Å². The van der Waals surface area contributed by atoms with Crippen LogP contribution < -0.4 is 0 Å². The molecule has 0 aromatic heterocycles. The zero-order chi connectivity index (χ0) is 6.69. The second-order valence-electron chi connectivity index (χ2n) is 1.80. The molecule has 0 bridgehead atoms. The Labute approximate surface area is 57.9 Å². The fourth-order valence-corrected chi connectivity index (χ4v) is 0.844. The molecule has 1 atom stereocenters. The fraction of sp³-hybridized carbons (Fsp3) is 0.800. The summed E-state index contributed by atoms with van der Waals surface area (Å²) in [5.41, 5.74) is -0.790. The van der Waals surface area contributed by atoms with Gasteiger partial charge in [-0.2, -0.15) is 0 Å². The van der Waals surface area contributed by atoms with Crippen LogP contribution in [0.25, 0.3) is 0 Å². The zero-order valence-corrected chi connectivity index (χ0v) is 5.56. The topological polar surface area (TPSA) is 35.5 Å². The van der Waals surface area contributed by atoms with Gasteiger partial charge in [0.05, 0.1) is 6.61 Å². The molecule has 0 radical (unpaired) electrons. The molecule has 0 spiro atoms. The molecule has 0 unspecified atom stereocenters. The van der Waals surface area contributed by atoms with E-state index in [-0.39, 0.29) is 0 Å². The quantitative estimate of drug-likeness (QED) is 0.532. The number of ether oxygens (including phenoxy) is 2. The maximum atomic E-state index is 10.1. The van der Waals surface area contributed by atoms with Crippen LogP contribution in [0.4, 0.5) is 4.79 Å². The lowest BCUT2D eigenvalue weighted by Crippen LogP contribution is -2.11. The zero-order valence-electron chi connectivity index (χ0n) is 4.80. The normalized spacial score (nSPS) is 26.1. The second kappa shape index (κ2) is 3.03. The van der Waals surface area contributed by atoms with Gasteiger partial charge in [-0.05, 0) is 6.42 Å². The monoisotopic (exact) mass is 150 g/mol. The molecule has 0 aromatic rings. The first kappa shape index (κ1) is 6.83. The van der Waals surface area contributed by atoms with Gasteiger partial charge in [0.1, 0.15) is 0 Å². The minimum absolute atomic E-state index is 0.394. The Kier molecular flexibility index (Phi) is 2.30. The minimum Gasteiger partial charge on any atom is -0.424 e. The Morgan fingerprint density at radius 2 is 2.56 bits per heavy atom. The lowest BCUT2D eigenvalue weighted by molar-refractivity contribution is -0.0595. The lowest BCUT2D eigenvalue weighted by Gasteiger charge is -2.05. The molecular formula is C5H7ClO3. The highest BCUT2D eigenvalue weighted by molar-refractivity contribution is 6.61. The molecule has 0 saturated carbocycles. The van der Waals surface area contributed by atoms with Crippen molar-refractivity contribution >= 4 is 17.0 Å². The summed E-state index contributed by atoms with van der Waals surface area (Å²) < 4.78 is 9.45. The molecule has 1 rings (SSSR count). The molecule has 0 aliphatic carbocycles. The SMILES string of the molecule is O=C(Cl)O[C@@H]1CCCO1. The molecule has 1 heterocycles. The van der Waals surface area contributed by atoms with Crippen LogP contribution in [0.5, 0.6) is 0 Å². The predicted octanol–water partition coefficient (Wildman–Crippen LogP) is 1.50. The van der Waals surface area contributed by atoms with Gasteiger partial charge in [-0.15, -0.1) is 0 Å². The summed E-state index contributed by atoms with van der Waals surface area (Å²) in [5.74, 6) is 0. The highest BCUT2D eigenvalue weighted by Gasteiger charge is 2.18. The first-order valence-corrected chi connectivity index (χ1v) is 3.14. The van der Waals surface area contributed by atoms with E-state index in [1.165, 1.54) is 0 Å². The van der Waals surface area contributed by atoms with Gasteiger partial charge < -0.3 is 9.47 Å². The molecule has 3 nitrogen and oxygen atoms in total. The summed E-state index contributed by atoms with van der Waals surface area (Å²) in [6, 6.07) is 0. The number of carbonyl (C=O) groups excluding carboxylic acids is 1. The third-order valence-corrected chi connectivity index (χ3v) is 1.20. The van der Waals surface area contributed by atoms with Gasteiger partial charge in [-0.25, -0.2) is 4.79 Å². The van der Waals surface area contributed by atoms with Crippen LogP contribution in [0.3, 0.4) is 0 Å². The van der Waals surface area contributed by atoms with E-state index in [0.717, 1.165) is 12.8 Å². The van der Waals surface area contributed by atoms with Crippen molar-refractivity contribution in [3.63, 3.8) is 0 Å². The minimum atomic E-state index is -0.790. The molecule has 52 valence electrons. The van der Waals surface area contributed by atoms with Crippen molar-refractivity contribution in [3.05, 3.63) is 0 Å². The number of rotatable bonds is 1. The fourth-order valence-electron chi connectivity index (χ4n) is 0.744. The van der Waals surface area contributed by atoms with E-state index in [1.54, 1.807) is 0 Å². The summed E-state index contributed by atoms with van der Waals surface area (Å²) >= 11 is 4.92. The summed E-state index contributed by atoms with van der Waals surface area (Å²) in [6.45, 7) is 0.662. The molecule has 0 amide bonds. The first-order chi connectivity index (χ1) is 4.29. The smallest absolute Gasteiger partial charge is 0.406 e. The number of hydrogen-bond donors (Lipinski definition) is 0. The maximum Gasteiger partial charge on any atom is 0.406 e. The van der Waals surface area contributed by atoms with Gasteiger partial charge >= 0.3 is 5.43 Å². The summed E-state index contributed by atoms with van der Waals surface area (Å²) in [5, 5.41) is 0. The molecule has 1 saturated heterocycles. The van der Waals surface area contributed by atoms with E-state index in [2.05, 4.69) is 4.74 Å². The maximum absolute atomic E-state index is 10.1. The Balaban J connectivity index is 2.19. The van der Waals surface area contributed by atoms with Crippen molar-refractivity contribution in [1.82, 2.24) is 0 Å². The van der Waals surface area contributed by atoms with E-state index >= 15 is 0 Å². The van der Waals surface area contributed by atoms with E-state index in [0.29, 0.717) is 6.61 Å². The molecule has 1 fully saturated rings. The summed E-state index contributed by atoms with van der Waals surface area (Å²) in [4.78, 5) is 10.1. The van der Waals surface area contributed by atoms with Crippen LogP contribution >= 0.6 is 11.6 Å². The van der Waals surface area contributed by atoms with Gasteiger partial charge in [-0.1, -0.05) is 0 Å². The van der Waals surface area contributed by atoms with E-state index in [9.17, 15) is 4.79 Å². The molecule has 9 heavy (non-hydrogen) atoms. The third kappa shape index (κ3) is 2.20. The average Bonchev–Trinajstić information content (AvgIpc) is 2.15. The van der Waals surface area contributed by atoms with Crippen LogP contribution in [0, 0.1) is 0 Å². The Bertz CT molecular complexity index is 109. The highest BCUT2D eigenvalue weighted by atomic mass is 35.5. The van der Waals surface area contributed by atoms with Crippen molar-refractivity contribution in [1.29, 1.82) is 0 Å². The van der Waals surface area contributed by atoms with Gasteiger partial charge in [0.15, 0.2) is 0 Å². The lowest BCUT2D eigenvalue weighted by atomic mass is 10.4. The number of halogens is 1. The first-order valence-electron chi connectivity index (χ1n) is 2.77. The molecule has 0 N–H and O–H groups in total. The van der Waals surface area contributed by atoms with Gasteiger partial charge in [0, 0.05) is 18.0 Å². The number of hydrogen-bond acceptors (Lipinski definition) is 3. The van der Waals surface area contributed by atoms with Crippen molar-refractivity contribution in [2.75, 3.05) is 6.61 Å². The van der Waals surface area contributed by atoms with E-state index in [1.807, 2.05) is 0 Å². The molecule has 1 aliphatic rings. The molecular weight excluding hydrogens is 144 g/mol. The van der Waals surface area contributed by atoms with Crippen LogP contribution in [0.15, 0.2) is 0 Å². The van der Waals surface area contributed by atoms with Crippen molar-refractivity contribution in [2.45, 2.75) is 19.1 Å². The van der Waals surface area contributed by atoms with Crippen molar-refractivity contribution < 1.29 is 14.3 Å². The summed E-state index contributed by atoms with van der Waals surface area (Å²) in [6.07, 6.45) is 1.31. The third-order valence-electron chi connectivity index (χ3n) is 1.11. The standard InChI is InChI=1S/C5H7ClO3/c6-5(7)9-4-2-1-3-8-4/h4H,1-3H2/t4-/m1/s1. The second-order valence-corrected chi connectivity index (χ2v) is 2.11. The Hall–Kier alpha value is -0.280. The average molecular weight is 151 g/mol. The van der Waals surface area contributed by atoms with Gasteiger partial charge in [0.2, 0.25) is 6.29 Å². The van der Waals surface area contributed by atoms with E-state index < -0.39 is 11.7 Å². The van der Waals surface area contributed by atoms with Crippen LogP contribution in [-0.2, 0) is 9.47 Å². The molecule has 0 aromatic carbocycles. The number of carbonyl (C=O) groups is 1. The largest absolute Gasteiger partial charge is 0.424 e. The van der Waals surface area contributed by atoms with Gasteiger partial charge in [-0.3, -0.25) is 0 Å². The van der Waals surface area contributed by atoms with Crippen LogP contribution in [0.1, 0.15) is 12.8 Å². The summed E-state index contributed by atoms with van der Waals surface area (Å²) in [7, 11) is 0. The molecule has 1 aliphatic heterocycles. The molecule has 4 heteroatoms.